The maximum Gasteiger partial charge on any atom is 0.0534 e. The lowest BCUT2D eigenvalue weighted by Gasteiger charge is -2.04. The molecule has 3 heteroatoms. The third-order valence-electron chi connectivity index (χ3n) is 6.47. The van der Waals surface area contributed by atoms with Crippen molar-refractivity contribution in [2.24, 2.45) is 0 Å². The van der Waals surface area contributed by atoms with E-state index in [2.05, 4.69) is 84.9 Å². The topological polar surface area (TPSA) is 0 Å². The van der Waals surface area contributed by atoms with Crippen molar-refractivity contribution < 1.29 is 0 Å². The molecule has 31 heavy (non-hydrogen) atoms. The normalized spacial score (nSPS) is 12.5. The molecule has 3 aromatic heterocycles. The molecule has 0 aliphatic rings. The van der Waals surface area contributed by atoms with Crippen molar-refractivity contribution in [3.8, 4) is 0 Å². The van der Waals surface area contributed by atoms with E-state index in [-0.39, 0.29) is 0 Å². The van der Waals surface area contributed by atoms with Crippen molar-refractivity contribution in [2.45, 2.75) is 0 Å². The summed E-state index contributed by atoms with van der Waals surface area (Å²) in [5.41, 5.74) is 0. The zero-order chi connectivity index (χ0) is 20.1. The summed E-state index contributed by atoms with van der Waals surface area (Å²) in [6.07, 6.45) is 0. The maximum absolute atomic E-state index is 2.36. The van der Waals surface area contributed by atoms with Crippen molar-refractivity contribution in [1.82, 2.24) is 0 Å². The van der Waals surface area contributed by atoms with E-state index >= 15 is 0 Å². The van der Waals surface area contributed by atoms with Crippen LogP contribution >= 0.6 is 34.0 Å². The number of hydrogen-bond acceptors (Lipinski definition) is 3. The molecule has 0 nitrogen and oxygen atoms in total. The van der Waals surface area contributed by atoms with Gasteiger partial charge in [-0.05, 0) is 29.7 Å². The van der Waals surface area contributed by atoms with Crippen LogP contribution in [0.15, 0.2) is 84.9 Å². The molecule has 0 amide bonds. The van der Waals surface area contributed by atoms with Crippen LogP contribution in [0.3, 0.4) is 0 Å². The van der Waals surface area contributed by atoms with E-state index in [1.165, 1.54) is 71.3 Å². The fourth-order valence-electron chi connectivity index (χ4n) is 5.14. The first-order valence-corrected chi connectivity index (χ1v) is 12.8. The number of benzene rings is 5. The molecule has 5 aromatic carbocycles. The van der Waals surface area contributed by atoms with E-state index in [0.29, 0.717) is 0 Å². The van der Waals surface area contributed by atoms with Crippen LogP contribution in [0.5, 0.6) is 0 Å². The molecule has 8 rings (SSSR count). The quantitative estimate of drug-likeness (QED) is 0.217. The molecule has 0 spiro atoms. The minimum atomic E-state index is 1.33. The zero-order valence-electron chi connectivity index (χ0n) is 16.3. The SMILES string of the molecule is c1ccc2c(c1)sc1c2ccc2c1sc1ccc3ccc4sc5ccccc5c4c3c12. The highest BCUT2D eigenvalue weighted by Gasteiger charge is 2.17. The van der Waals surface area contributed by atoms with Crippen LogP contribution in [0.25, 0.3) is 71.3 Å². The molecule has 0 aliphatic carbocycles. The van der Waals surface area contributed by atoms with Gasteiger partial charge in [-0.3, -0.25) is 0 Å². The summed E-state index contributed by atoms with van der Waals surface area (Å²) < 4.78 is 8.36. The van der Waals surface area contributed by atoms with E-state index in [4.69, 9.17) is 0 Å². The Morgan fingerprint density at radius 2 is 0.935 bits per heavy atom. The Morgan fingerprint density at radius 3 is 1.77 bits per heavy atom. The van der Waals surface area contributed by atoms with Crippen molar-refractivity contribution in [1.29, 1.82) is 0 Å². The van der Waals surface area contributed by atoms with Gasteiger partial charge in [-0.2, -0.15) is 0 Å². The second-order valence-corrected chi connectivity index (χ2v) is 11.3. The number of fused-ring (bicyclic) bond motifs is 13. The Hall–Kier alpha value is -2.98. The molecule has 0 bridgehead atoms. The highest BCUT2D eigenvalue weighted by molar-refractivity contribution is 7.33. The highest BCUT2D eigenvalue weighted by Crippen LogP contribution is 2.48. The van der Waals surface area contributed by atoms with Gasteiger partial charge in [0.15, 0.2) is 0 Å². The van der Waals surface area contributed by atoms with Gasteiger partial charge in [0.1, 0.15) is 0 Å². The number of hydrogen-bond donors (Lipinski definition) is 0. The molecule has 0 saturated heterocycles. The smallest absolute Gasteiger partial charge is 0.0534 e. The van der Waals surface area contributed by atoms with E-state index in [9.17, 15) is 0 Å². The van der Waals surface area contributed by atoms with Gasteiger partial charge in [0.2, 0.25) is 0 Å². The van der Waals surface area contributed by atoms with Gasteiger partial charge in [0, 0.05) is 56.5 Å². The van der Waals surface area contributed by atoms with Crippen LogP contribution < -0.4 is 0 Å². The third kappa shape index (κ3) is 2.09. The monoisotopic (exact) mass is 446 g/mol. The fraction of sp³-hybridized carbons (Fsp3) is 0. The first kappa shape index (κ1) is 16.7. The molecule has 3 heterocycles. The molecule has 0 N–H and O–H groups in total. The van der Waals surface area contributed by atoms with Crippen LogP contribution in [0.1, 0.15) is 0 Å². The predicted octanol–water partition coefficient (Wildman–Crippen LogP) is 9.94. The Labute approximate surface area is 189 Å². The minimum absolute atomic E-state index is 1.33. The van der Waals surface area contributed by atoms with Gasteiger partial charge in [0.05, 0.1) is 9.40 Å². The number of rotatable bonds is 0. The predicted molar refractivity (Wildman–Crippen MR) is 143 cm³/mol. The summed E-state index contributed by atoms with van der Waals surface area (Å²) in [5.74, 6) is 0. The average molecular weight is 447 g/mol. The number of thiophene rings is 3. The largest absolute Gasteiger partial charge is 0.135 e. The second kappa shape index (κ2) is 5.83. The second-order valence-electron chi connectivity index (χ2n) is 8.09. The molecule has 0 radical (unpaired) electrons. The van der Waals surface area contributed by atoms with Crippen molar-refractivity contribution in [3.63, 3.8) is 0 Å². The first-order chi connectivity index (χ1) is 15.4. The molecule has 0 saturated carbocycles. The summed E-state index contributed by atoms with van der Waals surface area (Å²) in [5, 5.41) is 11.1. The van der Waals surface area contributed by atoms with E-state index < -0.39 is 0 Å². The van der Waals surface area contributed by atoms with Crippen LogP contribution in [0.2, 0.25) is 0 Å². The van der Waals surface area contributed by atoms with Crippen molar-refractivity contribution in [3.05, 3.63) is 84.9 Å². The maximum atomic E-state index is 2.36. The van der Waals surface area contributed by atoms with E-state index in [1.807, 2.05) is 34.0 Å². The Balaban J connectivity index is 1.66. The Morgan fingerprint density at radius 1 is 0.355 bits per heavy atom. The summed E-state index contributed by atoms with van der Waals surface area (Å²) in [4.78, 5) is 0. The molecule has 0 fully saturated rings. The van der Waals surface area contributed by atoms with Crippen molar-refractivity contribution in [2.75, 3.05) is 0 Å². The van der Waals surface area contributed by atoms with Gasteiger partial charge in [-0.25, -0.2) is 0 Å². The van der Waals surface area contributed by atoms with E-state index in [0.717, 1.165) is 0 Å². The van der Waals surface area contributed by atoms with Crippen molar-refractivity contribution >= 4 is 105 Å². The standard InChI is InChI=1S/C28H14S3/c1-3-7-20-16(5-1)17-11-12-19-26-23(31-28(19)27(17)30-20)14-10-15-9-13-22-25(24(15)26)18-6-2-4-8-21(18)29-22/h1-14H. The molecule has 0 unspecified atom stereocenters. The summed E-state index contributed by atoms with van der Waals surface area (Å²) in [6, 6.07) is 31.6. The summed E-state index contributed by atoms with van der Waals surface area (Å²) in [6.45, 7) is 0. The summed E-state index contributed by atoms with van der Waals surface area (Å²) >= 11 is 5.79. The first-order valence-electron chi connectivity index (χ1n) is 10.4. The van der Waals surface area contributed by atoms with Gasteiger partial charge in [-0.15, -0.1) is 34.0 Å². The molecule has 8 aromatic rings. The van der Waals surface area contributed by atoms with Gasteiger partial charge in [-0.1, -0.05) is 60.7 Å². The lowest BCUT2D eigenvalue weighted by Crippen LogP contribution is -1.77. The highest BCUT2D eigenvalue weighted by atomic mass is 32.1. The average Bonchev–Trinajstić information content (AvgIpc) is 3.49. The van der Waals surface area contributed by atoms with Gasteiger partial charge in [0.25, 0.3) is 0 Å². The molecular formula is C28H14S3. The van der Waals surface area contributed by atoms with Gasteiger partial charge >= 0.3 is 0 Å². The zero-order valence-corrected chi connectivity index (χ0v) is 18.8. The van der Waals surface area contributed by atoms with Crippen LogP contribution in [-0.2, 0) is 0 Å². The summed E-state index contributed by atoms with van der Waals surface area (Å²) in [7, 11) is 0. The fourth-order valence-corrected chi connectivity index (χ4v) is 8.80. The van der Waals surface area contributed by atoms with Crippen LogP contribution in [0, 0.1) is 0 Å². The lowest BCUT2D eigenvalue weighted by atomic mass is 9.98. The molecule has 0 atom stereocenters. The molecular weight excluding hydrogens is 433 g/mol. The Kier molecular flexibility index (Phi) is 3.14. The van der Waals surface area contributed by atoms with Gasteiger partial charge < -0.3 is 0 Å². The molecule has 144 valence electrons. The van der Waals surface area contributed by atoms with E-state index in [1.54, 1.807) is 0 Å². The molecule has 0 aliphatic heterocycles. The lowest BCUT2D eigenvalue weighted by molar-refractivity contribution is 1.86. The van der Waals surface area contributed by atoms with Crippen LogP contribution in [0.4, 0.5) is 0 Å². The third-order valence-corrected chi connectivity index (χ3v) is 10.1. The minimum Gasteiger partial charge on any atom is -0.135 e. The van der Waals surface area contributed by atoms with Crippen LogP contribution in [-0.4, -0.2) is 0 Å². The Bertz CT molecular complexity index is 2000.